The number of aliphatic hydroxyl groups excluding tert-OH is 1. The maximum Gasteiger partial charge on any atom is 0.326 e. The number of hydrogen-bond donors (Lipinski definition) is 8. The molecule has 4 unspecified atom stereocenters. The highest BCUT2D eigenvalue weighted by Crippen LogP contribution is 2.06. The number of carboxylic acid groups (broad SMARTS) is 1. The van der Waals surface area contributed by atoms with E-state index in [1.807, 2.05) is 5.32 Å². The van der Waals surface area contributed by atoms with Crippen LogP contribution in [0.3, 0.4) is 0 Å². The molecule has 1 aromatic heterocycles. The minimum Gasteiger partial charge on any atom is -0.480 e. The predicted octanol–water partition coefficient (Wildman–Crippen LogP) is -3.07. The van der Waals surface area contributed by atoms with E-state index in [4.69, 9.17) is 16.6 Å². The summed E-state index contributed by atoms with van der Waals surface area (Å²) in [6.45, 7) is -0.883. The van der Waals surface area contributed by atoms with Crippen molar-refractivity contribution in [2.75, 3.05) is 6.61 Å². The minimum atomic E-state index is -1.65. The molecule has 0 spiro atoms. The van der Waals surface area contributed by atoms with E-state index in [1.54, 1.807) is 30.3 Å². The van der Waals surface area contributed by atoms with Crippen LogP contribution in [0.15, 0.2) is 42.9 Å². The molecule has 0 aliphatic rings. The Hall–Kier alpha value is -4.30. The normalized spacial score (nSPS) is 14.1. The zero-order valence-electron chi connectivity index (χ0n) is 19.2. The average Bonchev–Trinajstić information content (AvgIpc) is 3.34. The van der Waals surface area contributed by atoms with Crippen LogP contribution in [0.25, 0.3) is 0 Å². The van der Waals surface area contributed by atoms with Crippen LogP contribution in [0.1, 0.15) is 17.7 Å². The summed E-state index contributed by atoms with van der Waals surface area (Å²) in [7, 11) is 0. The van der Waals surface area contributed by atoms with Gasteiger partial charge in [-0.3, -0.25) is 19.2 Å². The van der Waals surface area contributed by atoms with Crippen LogP contribution < -0.4 is 27.4 Å². The molecule has 0 aliphatic heterocycles. The fraction of sp³-hybridized carbons (Fsp3) is 0.364. The average molecular weight is 504 g/mol. The number of rotatable bonds is 14. The number of nitrogens with one attached hydrogen (secondary N) is 4. The van der Waals surface area contributed by atoms with E-state index in [0.29, 0.717) is 11.3 Å². The summed E-state index contributed by atoms with van der Waals surface area (Å²) in [5.74, 6) is -5.01. The van der Waals surface area contributed by atoms with Gasteiger partial charge in [0.1, 0.15) is 18.1 Å². The van der Waals surface area contributed by atoms with Gasteiger partial charge in [-0.05, 0) is 5.56 Å². The fourth-order valence-electron chi connectivity index (χ4n) is 3.20. The summed E-state index contributed by atoms with van der Waals surface area (Å²) < 4.78 is 0. The van der Waals surface area contributed by atoms with E-state index in [-0.39, 0.29) is 12.8 Å². The van der Waals surface area contributed by atoms with Crippen molar-refractivity contribution in [1.82, 2.24) is 25.9 Å². The zero-order chi connectivity index (χ0) is 26.7. The van der Waals surface area contributed by atoms with Gasteiger partial charge in [0.25, 0.3) is 0 Å². The Kier molecular flexibility index (Phi) is 10.5. The summed E-state index contributed by atoms with van der Waals surface area (Å²) in [5, 5.41) is 25.7. The zero-order valence-corrected chi connectivity index (χ0v) is 19.2. The van der Waals surface area contributed by atoms with Crippen LogP contribution in [0, 0.1) is 0 Å². The number of carboxylic acids is 1. The molecular formula is C22H29N7O7. The lowest BCUT2D eigenvalue weighted by molar-refractivity contribution is -0.144. The third kappa shape index (κ3) is 8.81. The van der Waals surface area contributed by atoms with Gasteiger partial charge in [-0.2, -0.15) is 0 Å². The number of H-pyrrole nitrogens is 1. The van der Waals surface area contributed by atoms with Gasteiger partial charge in [-0.1, -0.05) is 30.3 Å². The molecule has 0 radical (unpaired) electrons. The van der Waals surface area contributed by atoms with Crippen molar-refractivity contribution >= 4 is 29.6 Å². The third-order valence-corrected chi connectivity index (χ3v) is 5.08. The SMILES string of the molecule is NC(=O)CC(NC(=O)C(CO)NC(=O)C(Cc1ccccc1)NC(=O)C(N)Cc1cnc[nH]1)C(=O)O. The number of primary amides is 1. The number of aromatic nitrogens is 2. The molecule has 0 aliphatic carbocycles. The number of aliphatic hydroxyl groups is 1. The van der Waals surface area contributed by atoms with Gasteiger partial charge in [0.05, 0.1) is 25.4 Å². The topological polar surface area (TPSA) is 243 Å². The summed E-state index contributed by atoms with van der Waals surface area (Å²) >= 11 is 0. The highest BCUT2D eigenvalue weighted by atomic mass is 16.4. The smallest absolute Gasteiger partial charge is 0.326 e. The van der Waals surface area contributed by atoms with E-state index in [1.165, 1.54) is 12.5 Å². The standard InChI is InChI=1S/C22H29N7O7/c23-14(7-13-9-25-11-26-13)19(32)27-15(6-12-4-2-1-3-5-12)20(33)29-17(10-30)21(34)28-16(22(35)36)8-18(24)31/h1-5,9,11,14-17,30H,6-8,10,23H2,(H2,24,31)(H,25,26)(H,27,32)(H,28,34)(H,29,33)(H,35,36). The number of nitrogens with zero attached hydrogens (tertiary/aromatic N) is 1. The second-order valence-corrected chi connectivity index (χ2v) is 7.95. The molecule has 2 aromatic rings. The van der Waals surface area contributed by atoms with Crippen molar-refractivity contribution in [2.24, 2.45) is 11.5 Å². The van der Waals surface area contributed by atoms with E-state index in [2.05, 4.69) is 20.6 Å². The maximum atomic E-state index is 13.0. The van der Waals surface area contributed by atoms with Crippen LogP contribution in [0.2, 0.25) is 0 Å². The molecule has 14 heteroatoms. The van der Waals surface area contributed by atoms with Gasteiger partial charge in [-0.25, -0.2) is 9.78 Å². The molecular weight excluding hydrogens is 474 g/mol. The molecule has 2 rings (SSSR count). The number of carbonyl (C=O) groups is 5. The molecule has 36 heavy (non-hydrogen) atoms. The van der Waals surface area contributed by atoms with Crippen molar-refractivity contribution in [3.05, 3.63) is 54.1 Å². The molecule has 194 valence electrons. The molecule has 0 fully saturated rings. The lowest BCUT2D eigenvalue weighted by atomic mass is 10.0. The molecule has 0 saturated heterocycles. The van der Waals surface area contributed by atoms with E-state index in [0.717, 1.165) is 0 Å². The molecule has 0 saturated carbocycles. The molecule has 10 N–H and O–H groups in total. The van der Waals surface area contributed by atoms with E-state index in [9.17, 15) is 29.1 Å². The van der Waals surface area contributed by atoms with Gasteiger partial charge in [0, 0.05) is 24.7 Å². The molecule has 0 bridgehead atoms. The first-order valence-corrected chi connectivity index (χ1v) is 10.9. The van der Waals surface area contributed by atoms with Crippen molar-refractivity contribution in [3.8, 4) is 0 Å². The second-order valence-electron chi connectivity index (χ2n) is 7.95. The highest BCUT2D eigenvalue weighted by Gasteiger charge is 2.30. The number of hydrogen-bond acceptors (Lipinski definition) is 8. The Morgan fingerprint density at radius 1 is 0.917 bits per heavy atom. The van der Waals surface area contributed by atoms with Crippen LogP contribution in [-0.2, 0) is 36.8 Å². The minimum absolute atomic E-state index is 0.0361. The number of benzene rings is 1. The number of aromatic amines is 1. The first-order valence-electron chi connectivity index (χ1n) is 10.9. The Balaban J connectivity index is 2.12. The summed E-state index contributed by atoms with van der Waals surface area (Å²) in [6.07, 6.45) is 2.42. The Bertz CT molecular complexity index is 1050. The van der Waals surface area contributed by atoms with E-state index >= 15 is 0 Å². The van der Waals surface area contributed by atoms with Crippen molar-refractivity contribution in [2.45, 2.75) is 43.4 Å². The van der Waals surface area contributed by atoms with Gasteiger partial charge < -0.3 is 42.6 Å². The molecule has 1 aromatic carbocycles. The summed E-state index contributed by atoms with van der Waals surface area (Å²) in [6, 6.07) is 3.30. The predicted molar refractivity (Wildman–Crippen MR) is 125 cm³/mol. The molecule has 4 amide bonds. The van der Waals surface area contributed by atoms with Gasteiger partial charge in [0.15, 0.2) is 0 Å². The van der Waals surface area contributed by atoms with Crippen LogP contribution in [0.4, 0.5) is 0 Å². The van der Waals surface area contributed by atoms with Crippen molar-refractivity contribution in [1.29, 1.82) is 0 Å². The van der Waals surface area contributed by atoms with Gasteiger partial charge in [-0.15, -0.1) is 0 Å². The monoisotopic (exact) mass is 503 g/mol. The van der Waals surface area contributed by atoms with Crippen molar-refractivity contribution in [3.63, 3.8) is 0 Å². The first-order chi connectivity index (χ1) is 17.1. The highest BCUT2D eigenvalue weighted by molar-refractivity contribution is 5.95. The first kappa shape index (κ1) is 27.9. The lowest BCUT2D eigenvalue weighted by Gasteiger charge is -2.24. The van der Waals surface area contributed by atoms with Crippen molar-refractivity contribution < 1.29 is 34.2 Å². The number of nitrogens with two attached hydrogens (primary N) is 2. The van der Waals surface area contributed by atoms with Gasteiger partial charge in [0.2, 0.25) is 23.6 Å². The third-order valence-electron chi connectivity index (χ3n) is 5.08. The fourth-order valence-corrected chi connectivity index (χ4v) is 3.20. The Morgan fingerprint density at radius 2 is 1.53 bits per heavy atom. The number of carbonyl (C=O) groups excluding carboxylic acids is 4. The Labute approximate surface area is 205 Å². The maximum absolute atomic E-state index is 13.0. The summed E-state index contributed by atoms with van der Waals surface area (Å²) in [4.78, 5) is 67.2. The Morgan fingerprint density at radius 3 is 2.08 bits per heavy atom. The quantitative estimate of drug-likeness (QED) is 0.130. The number of imidazole rings is 1. The van der Waals surface area contributed by atoms with E-state index < -0.39 is 66.8 Å². The van der Waals surface area contributed by atoms with Gasteiger partial charge >= 0.3 is 5.97 Å². The number of amides is 4. The van der Waals surface area contributed by atoms with Crippen LogP contribution in [-0.4, -0.2) is 80.6 Å². The number of aliphatic carboxylic acids is 1. The summed E-state index contributed by atoms with van der Waals surface area (Å²) in [5.41, 5.74) is 12.3. The van der Waals surface area contributed by atoms with Crippen LogP contribution in [0.5, 0.6) is 0 Å². The molecule has 4 atom stereocenters. The second kappa shape index (κ2) is 13.6. The van der Waals surface area contributed by atoms with Crippen LogP contribution >= 0.6 is 0 Å². The lowest BCUT2D eigenvalue weighted by Crippen LogP contribution is -2.58. The molecule has 14 nitrogen and oxygen atoms in total. The molecule has 1 heterocycles. The largest absolute Gasteiger partial charge is 0.480 e.